The van der Waals surface area contributed by atoms with Crippen LogP contribution in [0, 0.1) is 0 Å². The monoisotopic (exact) mass is 322 g/mol. The van der Waals surface area contributed by atoms with Crippen molar-refractivity contribution in [3.63, 3.8) is 0 Å². The molecule has 0 aliphatic rings. The summed E-state index contributed by atoms with van der Waals surface area (Å²) in [7, 11) is 0. The molecule has 18 heavy (non-hydrogen) atoms. The summed E-state index contributed by atoms with van der Waals surface area (Å²) in [6.45, 7) is 0. The number of carbonyl (C=O) groups is 1. The van der Waals surface area contributed by atoms with Crippen LogP contribution in [0.25, 0.3) is 0 Å². The minimum absolute atomic E-state index is 0.372. The van der Waals surface area contributed by atoms with Crippen LogP contribution in [0.1, 0.15) is 10.8 Å². The van der Waals surface area contributed by atoms with Gasteiger partial charge in [0.2, 0.25) is 5.91 Å². The number of aromatic nitrogens is 1. The van der Waals surface area contributed by atoms with Gasteiger partial charge in [-0.15, -0.1) is 0 Å². The lowest BCUT2D eigenvalue weighted by atomic mass is 10.1. The van der Waals surface area contributed by atoms with E-state index in [0.717, 1.165) is 15.1 Å². The van der Waals surface area contributed by atoms with Crippen molar-refractivity contribution in [1.82, 2.24) is 4.98 Å². The number of hydrogen-bond donors (Lipinski definition) is 1. The lowest BCUT2D eigenvalue weighted by Gasteiger charge is -2.13. The topological polar surface area (TPSA) is 56.0 Å². The number of halogens is 1. The molecule has 1 aromatic heterocycles. The molecule has 0 fully saturated rings. The number of nitrogens with zero attached hydrogens (tertiary/aromatic N) is 1. The minimum atomic E-state index is -0.433. The van der Waals surface area contributed by atoms with Crippen LogP contribution in [0.4, 0.5) is 0 Å². The van der Waals surface area contributed by atoms with Crippen molar-refractivity contribution in [3.8, 4) is 0 Å². The van der Waals surface area contributed by atoms with Crippen molar-refractivity contribution in [3.05, 3.63) is 58.7 Å². The summed E-state index contributed by atoms with van der Waals surface area (Å²) in [5.41, 5.74) is 6.35. The van der Waals surface area contributed by atoms with Gasteiger partial charge in [0.25, 0.3) is 0 Å². The molecule has 0 radical (unpaired) electrons. The van der Waals surface area contributed by atoms with E-state index in [1.165, 1.54) is 11.8 Å². The highest BCUT2D eigenvalue weighted by atomic mass is 79.9. The Morgan fingerprint density at radius 3 is 2.56 bits per heavy atom. The van der Waals surface area contributed by atoms with E-state index >= 15 is 0 Å². The molecule has 5 heteroatoms. The fraction of sp³-hybridized carbons (Fsp3) is 0.0769. The Kier molecular flexibility index (Phi) is 4.38. The molecule has 2 aromatic rings. The SMILES string of the molecule is NC(=O)[C@H](Sc1ncccc1Br)c1ccccc1. The first-order valence-electron chi connectivity index (χ1n) is 5.30. The van der Waals surface area contributed by atoms with Crippen LogP contribution in [-0.4, -0.2) is 10.9 Å². The molecule has 0 aliphatic carbocycles. The first-order valence-corrected chi connectivity index (χ1v) is 6.97. The molecule has 0 bridgehead atoms. The molecule has 0 saturated heterocycles. The normalized spacial score (nSPS) is 12.1. The second-order valence-corrected chi connectivity index (χ2v) is 5.55. The Bertz CT molecular complexity index is 548. The van der Waals surface area contributed by atoms with Gasteiger partial charge >= 0.3 is 0 Å². The van der Waals surface area contributed by atoms with Crippen LogP contribution in [0.2, 0.25) is 0 Å². The second-order valence-electron chi connectivity index (χ2n) is 3.60. The van der Waals surface area contributed by atoms with E-state index < -0.39 is 5.25 Å². The fourth-order valence-corrected chi connectivity index (χ4v) is 2.96. The summed E-state index contributed by atoms with van der Waals surface area (Å²) in [5.74, 6) is -0.372. The lowest BCUT2D eigenvalue weighted by molar-refractivity contribution is -0.117. The number of thioether (sulfide) groups is 1. The number of hydrogen-bond acceptors (Lipinski definition) is 3. The third kappa shape index (κ3) is 3.11. The van der Waals surface area contributed by atoms with E-state index in [9.17, 15) is 4.79 Å². The third-order valence-electron chi connectivity index (χ3n) is 2.31. The molecule has 1 atom stereocenters. The molecule has 3 nitrogen and oxygen atoms in total. The van der Waals surface area contributed by atoms with Gasteiger partial charge in [-0.05, 0) is 33.6 Å². The van der Waals surface area contributed by atoms with E-state index in [2.05, 4.69) is 20.9 Å². The Morgan fingerprint density at radius 2 is 1.94 bits per heavy atom. The summed E-state index contributed by atoms with van der Waals surface area (Å²) < 4.78 is 0.859. The molecule has 2 rings (SSSR count). The molecule has 0 unspecified atom stereocenters. The van der Waals surface area contributed by atoms with Gasteiger partial charge in [-0.25, -0.2) is 4.98 Å². The van der Waals surface area contributed by atoms with Crippen molar-refractivity contribution in [2.24, 2.45) is 5.73 Å². The first-order chi connectivity index (χ1) is 8.68. The van der Waals surface area contributed by atoms with Crippen LogP contribution in [0.5, 0.6) is 0 Å². The van der Waals surface area contributed by atoms with Crippen LogP contribution >= 0.6 is 27.7 Å². The lowest BCUT2D eigenvalue weighted by Crippen LogP contribution is -2.19. The summed E-state index contributed by atoms with van der Waals surface area (Å²) in [6, 6.07) is 13.2. The van der Waals surface area contributed by atoms with Crippen molar-refractivity contribution in [2.75, 3.05) is 0 Å². The highest BCUT2D eigenvalue weighted by Gasteiger charge is 2.20. The summed E-state index contributed by atoms with van der Waals surface area (Å²) in [5, 5.41) is 0.322. The maximum atomic E-state index is 11.6. The van der Waals surface area contributed by atoms with Crippen molar-refractivity contribution < 1.29 is 4.79 Å². The number of carbonyl (C=O) groups excluding carboxylic acids is 1. The number of primary amides is 1. The molecule has 0 spiro atoms. The van der Waals surface area contributed by atoms with Gasteiger partial charge in [0.1, 0.15) is 10.3 Å². The molecule has 2 N–H and O–H groups in total. The highest BCUT2D eigenvalue weighted by Crippen LogP contribution is 2.37. The molecule has 1 heterocycles. The minimum Gasteiger partial charge on any atom is -0.368 e. The summed E-state index contributed by atoms with van der Waals surface area (Å²) in [4.78, 5) is 15.8. The van der Waals surface area contributed by atoms with Crippen LogP contribution in [-0.2, 0) is 4.79 Å². The summed E-state index contributed by atoms with van der Waals surface area (Å²) in [6.07, 6.45) is 1.69. The van der Waals surface area contributed by atoms with Gasteiger partial charge in [-0.1, -0.05) is 42.1 Å². The van der Waals surface area contributed by atoms with E-state index in [1.807, 2.05) is 42.5 Å². The van der Waals surface area contributed by atoms with Crippen molar-refractivity contribution in [1.29, 1.82) is 0 Å². The first kappa shape index (κ1) is 13.1. The van der Waals surface area contributed by atoms with Crippen LogP contribution in [0.3, 0.4) is 0 Å². The number of amides is 1. The van der Waals surface area contributed by atoms with Crippen LogP contribution < -0.4 is 5.73 Å². The van der Waals surface area contributed by atoms with Crippen molar-refractivity contribution in [2.45, 2.75) is 10.3 Å². The molecule has 1 aromatic carbocycles. The third-order valence-corrected chi connectivity index (χ3v) is 4.51. The Hall–Kier alpha value is -1.33. The Morgan fingerprint density at radius 1 is 1.22 bits per heavy atom. The molecular weight excluding hydrogens is 312 g/mol. The average molecular weight is 323 g/mol. The van der Waals surface area contributed by atoms with E-state index in [0.29, 0.717) is 0 Å². The van der Waals surface area contributed by atoms with E-state index in [-0.39, 0.29) is 5.91 Å². The number of pyridine rings is 1. The quantitative estimate of drug-likeness (QED) is 0.879. The number of rotatable bonds is 4. The van der Waals surface area contributed by atoms with Gasteiger partial charge in [0, 0.05) is 10.7 Å². The second kappa shape index (κ2) is 6.02. The van der Waals surface area contributed by atoms with E-state index in [4.69, 9.17) is 5.73 Å². The molecule has 0 saturated carbocycles. The zero-order valence-electron chi connectivity index (χ0n) is 9.42. The zero-order valence-corrected chi connectivity index (χ0v) is 11.8. The van der Waals surface area contributed by atoms with Gasteiger partial charge in [0.05, 0.1) is 0 Å². The maximum Gasteiger partial charge on any atom is 0.235 e. The number of benzene rings is 1. The summed E-state index contributed by atoms with van der Waals surface area (Å²) >= 11 is 4.75. The van der Waals surface area contributed by atoms with E-state index in [1.54, 1.807) is 6.20 Å². The molecule has 1 amide bonds. The molecule has 0 aliphatic heterocycles. The standard InChI is InChI=1S/C13H11BrN2OS/c14-10-7-4-8-16-13(10)18-11(12(15)17)9-5-2-1-3-6-9/h1-8,11H,(H2,15,17)/t11-/m1/s1. The molecule has 92 valence electrons. The predicted molar refractivity (Wildman–Crippen MR) is 76.2 cm³/mol. The predicted octanol–water partition coefficient (Wildman–Crippen LogP) is 3.16. The smallest absolute Gasteiger partial charge is 0.235 e. The Labute approximate surface area is 118 Å². The van der Waals surface area contributed by atoms with Crippen molar-refractivity contribution >= 4 is 33.6 Å². The molecular formula is C13H11BrN2OS. The average Bonchev–Trinajstić information content (AvgIpc) is 2.38. The highest BCUT2D eigenvalue weighted by molar-refractivity contribution is 9.10. The Balaban J connectivity index is 2.28. The number of nitrogens with two attached hydrogens (primary N) is 1. The van der Waals surface area contributed by atoms with Crippen LogP contribution in [0.15, 0.2) is 58.2 Å². The fourth-order valence-electron chi connectivity index (χ4n) is 1.49. The van der Waals surface area contributed by atoms with Gasteiger partial charge in [0.15, 0.2) is 0 Å². The van der Waals surface area contributed by atoms with Gasteiger partial charge < -0.3 is 5.73 Å². The van der Waals surface area contributed by atoms with Gasteiger partial charge in [-0.3, -0.25) is 4.79 Å². The van der Waals surface area contributed by atoms with Gasteiger partial charge in [-0.2, -0.15) is 0 Å². The maximum absolute atomic E-state index is 11.6. The largest absolute Gasteiger partial charge is 0.368 e. The zero-order chi connectivity index (χ0) is 13.0.